The van der Waals surface area contributed by atoms with Gasteiger partial charge in [-0.15, -0.1) is 0 Å². The van der Waals surface area contributed by atoms with Crippen molar-refractivity contribution in [3.8, 4) is 33.6 Å². The highest BCUT2D eigenvalue weighted by Crippen LogP contribution is 2.47. The van der Waals surface area contributed by atoms with Crippen LogP contribution in [0.4, 0.5) is 0 Å². The number of benzene rings is 3. The minimum atomic E-state index is 0.0202. The third-order valence-electron chi connectivity index (χ3n) is 11.3. The van der Waals surface area contributed by atoms with E-state index in [2.05, 4.69) is 166 Å². The molecule has 0 radical (unpaired) electrons. The molecule has 0 bridgehead atoms. The summed E-state index contributed by atoms with van der Waals surface area (Å²) in [6.45, 7) is 15.1. The second-order valence-electron chi connectivity index (χ2n) is 14.1. The van der Waals surface area contributed by atoms with Crippen LogP contribution in [0.2, 0.25) is 0 Å². The van der Waals surface area contributed by atoms with E-state index in [1.54, 1.807) is 0 Å². The number of hydrogen-bond acceptors (Lipinski definition) is 0. The van der Waals surface area contributed by atoms with Crippen LogP contribution in [0, 0.1) is 12.8 Å². The maximum absolute atomic E-state index is 2.69. The van der Waals surface area contributed by atoms with Crippen LogP contribution in [0.25, 0.3) is 33.6 Å². The summed E-state index contributed by atoms with van der Waals surface area (Å²) in [6.07, 6.45) is 11.9. The van der Waals surface area contributed by atoms with E-state index < -0.39 is 0 Å². The van der Waals surface area contributed by atoms with Gasteiger partial charge in [0.2, 0.25) is 11.4 Å². The molecular formula is C45H54N2+2. The van der Waals surface area contributed by atoms with Crippen LogP contribution in [0.5, 0.6) is 0 Å². The molecule has 1 aliphatic rings. The van der Waals surface area contributed by atoms with Crippen LogP contribution in [0.1, 0.15) is 102 Å². The summed E-state index contributed by atoms with van der Waals surface area (Å²) in [5, 5.41) is 0. The zero-order valence-electron chi connectivity index (χ0n) is 29.5. The minimum absolute atomic E-state index is 0.0202. The first-order valence-corrected chi connectivity index (χ1v) is 18.2. The van der Waals surface area contributed by atoms with E-state index in [0.29, 0.717) is 17.8 Å². The lowest BCUT2D eigenvalue weighted by Crippen LogP contribution is -2.62. The van der Waals surface area contributed by atoms with Gasteiger partial charge in [0.15, 0.2) is 17.9 Å². The molecule has 2 unspecified atom stereocenters. The third kappa shape index (κ3) is 6.32. The van der Waals surface area contributed by atoms with Crippen LogP contribution in [0.15, 0.2) is 116 Å². The molecular weight excluding hydrogens is 569 g/mol. The number of nitrogens with zero attached hydrogens (tertiary/aromatic N) is 2. The van der Waals surface area contributed by atoms with E-state index in [1.165, 1.54) is 69.6 Å². The summed E-state index contributed by atoms with van der Waals surface area (Å²) in [6, 6.07) is 38.6. The van der Waals surface area contributed by atoms with E-state index in [1.807, 2.05) is 0 Å². The second-order valence-corrected chi connectivity index (χ2v) is 14.1. The van der Waals surface area contributed by atoms with Crippen LogP contribution in [-0.2, 0) is 12.1 Å². The van der Waals surface area contributed by atoms with Crippen molar-refractivity contribution in [3.63, 3.8) is 0 Å². The molecule has 0 amide bonds. The SMILES string of the molecule is CCCCC(c1cc[n+]2c(c1)-c1ccccc1C(CC[n+]1ccc(-c3ccccc3)cc1-c1ccccc1C)C2(CC)CC)C(C)C. The van der Waals surface area contributed by atoms with Gasteiger partial charge in [-0.3, -0.25) is 0 Å². The molecule has 2 nitrogen and oxygen atoms in total. The third-order valence-corrected chi connectivity index (χ3v) is 11.3. The van der Waals surface area contributed by atoms with Gasteiger partial charge in [0.25, 0.3) is 0 Å². The summed E-state index contributed by atoms with van der Waals surface area (Å²) < 4.78 is 5.20. The first-order chi connectivity index (χ1) is 22.9. The van der Waals surface area contributed by atoms with Crippen molar-refractivity contribution in [2.24, 2.45) is 5.92 Å². The number of aryl methyl sites for hydroxylation is 2. The fourth-order valence-corrected chi connectivity index (χ4v) is 8.55. The fraction of sp³-hybridized carbons (Fsp3) is 0.378. The van der Waals surface area contributed by atoms with E-state index in [-0.39, 0.29) is 5.54 Å². The summed E-state index contributed by atoms with van der Waals surface area (Å²) in [5.41, 5.74) is 12.3. The van der Waals surface area contributed by atoms with Gasteiger partial charge >= 0.3 is 0 Å². The van der Waals surface area contributed by atoms with Crippen molar-refractivity contribution < 1.29 is 9.13 Å². The monoisotopic (exact) mass is 622 g/mol. The average Bonchev–Trinajstić information content (AvgIpc) is 3.11. The Morgan fingerprint density at radius 2 is 1.40 bits per heavy atom. The molecule has 0 spiro atoms. The van der Waals surface area contributed by atoms with Crippen molar-refractivity contribution in [1.29, 1.82) is 0 Å². The molecule has 0 aliphatic carbocycles. The predicted octanol–water partition coefficient (Wildman–Crippen LogP) is 11.2. The van der Waals surface area contributed by atoms with Crippen molar-refractivity contribution >= 4 is 0 Å². The fourth-order valence-electron chi connectivity index (χ4n) is 8.55. The van der Waals surface area contributed by atoms with Crippen LogP contribution >= 0.6 is 0 Å². The Labute approximate surface area is 284 Å². The van der Waals surface area contributed by atoms with Crippen LogP contribution < -0.4 is 9.13 Å². The number of fused-ring (bicyclic) bond motifs is 3. The summed E-state index contributed by atoms with van der Waals surface area (Å²) >= 11 is 0. The molecule has 0 saturated carbocycles. The molecule has 6 rings (SSSR count). The molecule has 2 heteroatoms. The molecule has 0 N–H and O–H groups in total. The van der Waals surface area contributed by atoms with E-state index in [9.17, 15) is 0 Å². The lowest BCUT2D eigenvalue weighted by Gasteiger charge is -2.40. The normalized spacial score (nSPS) is 15.7. The highest BCUT2D eigenvalue weighted by molar-refractivity contribution is 5.70. The first kappa shape index (κ1) is 32.9. The molecule has 3 heterocycles. The Hall–Kier alpha value is -4.04. The van der Waals surface area contributed by atoms with Crippen molar-refractivity contribution in [1.82, 2.24) is 0 Å². The molecule has 2 aromatic heterocycles. The Morgan fingerprint density at radius 3 is 2.11 bits per heavy atom. The maximum Gasteiger partial charge on any atom is 0.213 e. The zero-order valence-corrected chi connectivity index (χ0v) is 29.5. The Morgan fingerprint density at radius 1 is 0.702 bits per heavy atom. The van der Waals surface area contributed by atoms with E-state index >= 15 is 0 Å². The summed E-state index contributed by atoms with van der Waals surface area (Å²) in [4.78, 5) is 0. The predicted molar refractivity (Wildman–Crippen MR) is 197 cm³/mol. The molecule has 242 valence electrons. The number of hydrogen-bond donors (Lipinski definition) is 0. The largest absolute Gasteiger partial charge is 0.213 e. The first-order valence-electron chi connectivity index (χ1n) is 18.2. The number of rotatable bonds is 12. The Bertz CT molecular complexity index is 1800. The molecule has 0 saturated heterocycles. The van der Waals surface area contributed by atoms with Crippen LogP contribution in [-0.4, -0.2) is 0 Å². The van der Waals surface area contributed by atoms with Gasteiger partial charge in [0, 0.05) is 54.7 Å². The van der Waals surface area contributed by atoms with E-state index in [0.717, 1.165) is 25.8 Å². The van der Waals surface area contributed by atoms with Crippen LogP contribution in [0.3, 0.4) is 0 Å². The van der Waals surface area contributed by atoms with Gasteiger partial charge in [0.1, 0.15) is 6.54 Å². The minimum Gasteiger partial charge on any atom is -0.198 e. The highest BCUT2D eigenvalue weighted by Gasteiger charge is 2.51. The molecule has 47 heavy (non-hydrogen) atoms. The zero-order chi connectivity index (χ0) is 33.0. The summed E-state index contributed by atoms with van der Waals surface area (Å²) in [5.74, 6) is 1.63. The molecule has 1 aliphatic heterocycles. The van der Waals surface area contributed by atoms with Gasteiger partial charge in [0.05, 0.1) is 5.92 Å². The Balaban J connectivity index is 1.42. The highest BCUT2D eigenvalue weighted by atomic mass is 15.1. The lowest BCUT2D eigenvalue weighted by atomic mass is 9.68. The van der Waals surface area contributed by atoms with Crippen molar-refractivity contribution in [3.05, 3.63) is 132 Å². The molecule has 0 fully saturated rings. The van der Waals surface area contributed by atoms with Gasteiger partial charge in [-0.25, -0.2) is 0 Å². The topological polar surface area (TPSA) is 7.76 Å². The second kappa shape index (κ2) is 14.4. The number of pyridine rings is 2. The molecule has 5 aromatic rings. The summed E-state index contributed by atoms with van der Waals surface area (Å²) in [7, 11) is 0. The lowest BCUT2D eigenvalue weighted by molar-refractivity contribution is -0.765. The Kier molecular flexibility index (Phi) is 10.1. The quantitative estimate of drug-likeness (QED) is 0.122. The van der Waals surface area contributed by atoms with Gasteiger partial charge in [-0.05, 0) is 65.1 Å². The van der Waals surface area contributed by atoms with Crippen molar-refractivity contribution in [2.45, 2.75) is 104 Å². The van der Waals surface area contributed by atoms with Gasteiger partial charge < -0.3 is 0 Å². The van der Waals surface area contributed by atoms with Gasteiger partial charge in [-0.2, -0.15) is 9.13 Å². The smallest absolute Gasteiger partial charge is 0.198 e. The molecule has 2 atom stereocenters. The van der Waals surface area contributed by atoms with E-state index in [4.69, 9.17) is 0 Å². The maximum atomic E-state index is 2.69. The number of unbranched alkanes of at least 4 members (excludes halogenated alkanes) is 1. The average molecular weight is 623 g/mol. The standard InChI is InChI=1S/C45H54N2/c1-7-10-21-38(33(4)5)37-26-30-47-44(32-37)41-24-17-16-23-40(41)42(45(47,8-2)9-3)27-29-46-28-25-36(35-19-12-11-13-20-35)31-43(46)39-22-15-14-18-34(39)6/h11-20,22-26,28,30-33,38,42H,7-10,21,27,29H2,1-6H3/q+2. The molecule has 3 aromatic carbocycles. The van der Waals surface area contributed by atoms with Crippen molar-refractivity contribution in [2.75, 3.05) is 0 Å². The van der Waals surface area contributed by atoms with Gasteiger partial charge in [-0.1, -0.05) is 114 Å². The number of aromatic nitrogens is 2.